The van der Waals surface area contributed by atoms with Gasteiger partial charge in [0.1, 0.15) is 18.4 Å². The predicted octanol–water partition coefficient (Wildman–Crippen LogP) is 0.814. The highest BCUT2D eigenvalue weighted by atomic mass is 16.3. The Bertz CT molecular complexity index is 1000. The number of hydrogen-bond donors (Lipinski definition) is 5. The van der Waals surface area contributed by atoms with E-state index in [9.17, 15) is 14.7 Å². The van der Waals surface area contributed by atoms with Crippen molar-refractivity contribution in [1.82, 2.24) is 5.32 Å². The number of benzene rings is 3. The Kier molecular flexibility index (Phi) is 6.43. The number of hydrogen-bond acceptors (Lipinski definition) is 4. The van der Waals surface area contributed by atoms with Crippen LogP contribution >= 0.6 is 0 Å². The smallest absolute Gasteiger partial charge is 0.281 e. The highest BCUT2D eigenvalue weighted by Crippen LogP contribution is 2.19. The molecule has 29 heavy (non-hydrogen) atoms. The van der Waals surface area contributed by atoms with Crippen LogP contribution in [0.1, 0.15) is 5.56 Å². The number of carbonyl (C=O) groups excluding carboxylic acids is 2. The minimum Gasteiger partial charge on any atom is -0.508 e. The first-order valence-electron chi connectivity index (χ1n) is 9.28. The molecule has 0 aromatic heterocycles. The SMILES string of the molecule is [NH3+]C(CO)C(=O)NC(Cc1ccc(O)cc1)C(=O)Nc1ccc2ccccc2c1. The molecule has 3 aromatic carbocycles. The fourth-order valence-electron chi connectivity index (χ4n) is 2.95. The first-order chi connectivity index (χ1) is 14.0. The molecule has 0 aliphatic rings. The van der Waals surface area contributed by atoms with Crippen LogP contribution in [0.2, 0.25) is 0 Å². The lowest BCUT2D eigenvalue weighted by molar-refractivity contribution is -0.409. The summed E-state index contributed by atoms with van der Waals surface area (Å²) in [4.78, 5) is 25.1. The molecule has 3 rings (SSSR count). The molecule has 7 heteroatoms. The number of aromatic hydroxyl groups is 1. The molecule has 7 N–H and O–H groups in total. The van der Waals surface area contributed by atoms with Gasteiger partial charge in [-0.1, -0.05) is 42.5 Å². The highest BCUT2D eigenvalue weighted by Gasteiger charge is 2.25. The van der Waals surface area contributed by atoms with Gasteiger partial charge in [-0.25, -0.2) is 0 Å². The van der Waals surface area contributed by atoms with Crippen molar-refractivity contribution in [3.63, 3.8) is 0 Å². The number of amides is 2. The van der Waals surface area contributed by atoms with Crippen molar-refractivity contribution in [3.8, 4) is 5.75 Å². The van der Waals surface area contributed by atoms with E-state index < -0.39 is 24.6 Å². The quantitative estimate of drug-likeness (QED) is 0.406. The standard InChI is InChI=1S/C22H23N3O4/c23-19(13-26)21(28)25-20(11-14-5-9-18(27)10-6-14)22(29)24-17-8-7-15-3-1-2-4-16(15)12-17/h1-10,12,19-20,26-27H,11,13,23H2,(H,24,29)(H,25,28)/p+1. The molecule has 2 atom stereocenters. The molecule has 0 radical (unpaired) electrons. The summed E-state index contributed by atoms with van der Waals surface area (Å²) in [6, 6.07) is 18.1. The lowest BCUT2D eigenvalue weighted by Gasteiger charge is -2.19. The van der Waals surface area contributed by atoms with E-state index in [1.165, 1.54) is 12.1 Å². The van der Waals surface area contributed by atoms with E-state index in [1.54, 1.807) is 18.2 Å². The number of anilines is 1. The molecule has 0 bridgehead atoms. The number of phenols is 1. The van der Waals surface area contributed by atoms with Gasteiger partial charge in [-0.05, 0) is 40.6 Å². The second-order valence-electron chi connectivity index (χ2n) is 6.86. The third-order valence-corrected chi connectivity index (χ3v) is 4.62. The van der Waals surface area contributed by atoms with Crippen LogP contribution < -0.4 is 16.4 Å². The lowest BCUT2D eigenvalue weighted by atomic mass is 10.0. The van der Waals surface area contributed by atoms with Gasteiger partial charge in [0.2, 0.25) is 5.91 Å². The van der Waals surface area contributed by atoms with E-state index in [0.29, 0.717) is 5.69 Å². The van der Waals surface area contributed by atoms with Gasteiger partial charge < -0.3 is 26.6 Å². The van der Waals surface area contributed by atoms with Gasteiger partial charge in [-0.15, -0.1) is 0 Å². The Morgan fingerprint density at radius 3 is 2.31 bits per heavy atom. The summed E-state index contributed by atoms with van der Waals surface area (Å²) >= 11 is 0. The van der Waals surface area contributed by atoms with Crippen LogP contribution in [0.5, 0.6) is 5.75 Å². The molecular formula is C22H24N3O4+. The molecule has 0 heterocycles. The largest absolute Gasteiger partial charge is 0.508 e. The summed E-state index contributed by atoms with van der Waals surface area (Å²) in [6.45, 7) is -0.413. The molecule has 150 valence electrons. The Morgan fingerprint density at radius 2 is 1.62 bits per heavy atom. The van der Waals surface area contributed by atoms with E-state index in [0.717, 1.165) is 16.3 Å². The van der Waals surface area contributed by atoms with Crippen LogP contribution in [0, 0.1) is 0 Å². The monoisotopic (exact) mass is 394 g/mol. The lowest BCUT2D eigenvalue weighted by Crippen LogP contribution is -2.70. The number of phenolic OH excluding ortho intramolecular Hbond substituents is 1. The van der Waals surface area contributed by atoms with Crippen molar-refractivity contribution in [2.24, 2.45) is 0 Å². The Labute approximate surface area is 168 Å². The number of nitrogens with one attached hydrogen (secondary N) is 2. The predicted molar refractivity (Wildman–Crippen MR) is 110 cm³/mol. The molecule has 0 fully saturated rings. The summed E-state index contributed by atoms with van der Waals surface area (Å²) in [5.74, 6) is -0.773. The van der Waals surface area contributed by atoms with Crippen LogP contribution in [0.3, 0.4) is 0 Å². The summed E-state index contributed by atoms with van der Waals surface area (Å²) in [7, 11) is 0. The zero-order valence-electron chi connectivity index (χ0n) is 15.8. The van der Waals surface area contributed by atoms with E-state index in [1.807, 2.05) is 36.4 Å². The summed E-state index contributed by atoms with van der Waals surface area (Å²) in [5, 5.41) is 26.1. The second kappa shape index (κ2) is 9.18. The van der Waals surface area contributed by atoms with E-state index in [-0.39, 0.29) is 18.1 Å². The summed E-state index contributed by atoms with van der Waals surface area (Å²) in [5.41, 5.74) is 4.97. The first kappa shape index (κ1) is 20.3. The molecule has 0 aliphatic carbocycles. The van der Waals surface area contributed by atoms with Gasteiger partial charge in [0.25, 0.3) is 5.91 Å². The van der Waals surface area contributed by atoms with Gasteiger partial charge in [-0.2, -0.15) is 0 Å². The van der Waals surface area contributed by atoms with Crippen molar-refractivity contribution in [3.05, 3.63) is 72.3 Å². The third-order valence-electron chi connectivity index (χ3n) is 4.62. The number of aliphatic hydroxyl groups is 1. The molecule has 3 aromatic rings. The molecular weight excluding hydrogens is 370 g/mol. The second-order valence-corrected chi connectivity index (χ2v) is 6.86. The Balaban J connectivity index is 1.79. The van der Waals surface area contributed by atoms with Crippen molar-refractivity contribution in [1.29, 1.82) is 0 Å². The van der Waals surface area contributed by atoms with E-state index >= 15 is 0 Å². The van der Waals surface area contributed by atoms with Gasteiger partial charge >= 0.3 is 0 Å². The van der Waals surface area contributed by atoms with Crippen LogP contribution in [0.25, 0.3) is 10.8 Å². The topological polar surface area (TPSA) is 126 Å². The van der Waals surface area contributed by atoms with Crippen molar-refractivity contribution < 1.29 is 25.5 Å². The number of fused-ring (bicyclic) bond motifs is 1. The number of carbonyl (C=O) groups is 2. The number of quaternary nitrogens is 1. The summed E-state index contributed by atoms with van der Waals surface area (Å²) < 4.78 is 0. The fourth-order valence-corrected chi connectivity index (χ4v) is 2.95. The molecule has 0 saturated carbocycles. The summed E-state index contributed by atoms with van der Waals surface area (Å²) in [6.07, 6.45) is 0.226. The van der Waals surface area contributed by atoms with Crippen molar-refractivity contribution in [2.45, 2.75) is 18.5 Å². The van der Waals surface area contributed by atoms with E-state index in [2.05, 4.69) is 16.4 Å². The minimum atomic E-state index is -0.870. The van der Waals surface area contributed by atoms with Crippen LogP contribution in [0.15, 0.2) is 66.7 Å². The Morgan fingerprint density at radius 1 is 0.931 bits per heavy atom. The van der Waals surface area contributed by atoms with Gasteiger partial charge in [0.05, 0.1) is 0 Å². The van der Waals surface area contributed by atoms with Crippen LogP contribution in [-0.4, -0.2) is 40.7 Å². The average Bonchev–Trinajstić information content (AvgIpc) is 2.74. The van der Waals surface area contributed by atoms with Crippen LogP contribution in [0.4, 0.5) is 5.69 Å². The molecule has 2 amide bonds. The fraction of sp³-hybridized carbons (Fsp3) is 0.182. The van der Waals surface area contributed by atoms with Gasteiger partial charge in [0.15, 0.2) is 6.04 Å². The van der Waals surface area contributed by atoms with Gasteiger partial charge in [-0.3, -0.25) is 9.59 Å². The number of rotatable bonds is 7. The van der Waals surface area contributed by atoms with Crippen molar-refractivity contribution in [2.75, 3.05) is 11.9 Å². The molecule has 2 unspecified atom stereocenters. The van der Waals surface area contributed by atoms with Crippen molar-refractivity contribution >= 4 is 28.3 Å². The third kappa shape index (κ3) is 5.31. The van der Waals surface area contributed by atoms with Crippen LogP contribution in [-0.2, 0) is 16.0 Å². The van der Waals surface area contributed by atoms with Gasteiger partial charge in [0, 0.05) is 12.1 Å². The zero-order valence-corrected chi connectivity index (χ0v) is 15.8. The highest BCUT2D eigenvalue weighted by molar-refractivity contribution is 5.99. The maximum Gasteiger partial charge on any atom is 0.281 e. The molecule has 0 saturated heterocycles. The molecule has 0 aliphatic heterocycles. The zero-order chi connectivity index (χ0) is 20.8. The van der Waals surface area contributed by atoms with E-state index in [4.69, 9.17) is 5.11 Å². The average molecular weight is 394 g/mol. The Hall–Kier alpha value is -3.42. The number of aliphatic hydroxyl groups excluding tert-OH is 1. The molecule has 7 nitrogen and oxygen atoms in total. The first-order valence-corrected chi connectivity index (χ1v) is 9.28. The minimum absolute atomic E-state index is 0.119. The normalized spacial score (nSPS) is 12.9. The maximum absolute atomic E-state index is 12.9. The maximum atomic E-state index is 12.9. The molecule has 0 spiro atoms.